The van der Waals surface area contributed by atoms with Crippen molar-refractivity contribution in [2.24, 2.45) is 5.92 Å². The molecule has 0 bridgehead atoms. The highest BCUT2D eigenvalue weighted by Gasteiger charge is 2.13. The monoisotopic (exact) mass is 263 g/mol. The van der Waals surface area contributed by atoms with E-state index in [1.54, 1.807) is 12.4 Å². The molecule has 0 aliphatic carbocycles. The van der Waals surface area contributed by atoms with E-state index < -0.39 is 0 Å². The number of halogens is 2. The molecule has 1 aromatic rings. The highest BCUT2D eigenvalue weighted by molar-refractivity contribution is 6.28. The van der Waals surface area contributed by atoms with Gasteiger partial charge in [-0.2, -0.15) is 0 Å². The van der Waals surface area contributed by atoms with Crippen LogP contribution >= 0.6 is 24.0 Å². The first kappa shape index (κ1) is 13.5. The molecule has 4 nitrogen and oxygen atoms in total. The van der Waals surface area contributed by atoms with Gasteiger partial charge in [-0.25, -0.2) is 9.97 Å². The van der Waals surface area contributed by atoms with Crippen LogP contribution in [-0.4, -0.2) is 29.7 Å². The van der Waals surface area contributed by atoms with Gasteiger partial charge in [0.2, 0.25) is 5.28 Å². The van der Waals surface area contributed by atoms with Crippen molar-refractivity contribution in [1.82, 2.24) is 15.3 Å². The molecule has 1 aliphatic heterocycles. The number of nitrogens with zero attached hydrogens (tertiary/aromatic N) is 2. The van der Waals surface area contributed by atoms with E-state index >= 15 is 0 Å². The maximum atomic E-state index is 5.59. The van der Waals surface area contributed by atoms with Gasteiger partial charge >= 0.3 is 0 Å². The van der Waals surface area contributed by atoms with Crippen molar-refractivity contribution in [3.05, 3.63) is 17.7 Å². The molecule has 0 atom stereocenters. The average molecular weight is 264 g/mol. The van der Waals surface area contributed by atoms with Gasteiger partial charge in [0.05, 0.1) is 19.0 Å². The van der Waals surface area contributed by atoms with Crippen LogP contribution in [0.15, 0.2) is 12.4 Å². The highest BCUT2D eigenvalue weighted by Crippen LogP contribution is 2.15. The van der Waals surface area contributed by atoms with Crippen LogP contribution in [0.4, 0.5) is 0 Å². The molecular formula is C10H15Cl2N3O. The van der Waals surface area contributed by atoms with Gasteiger partial charge in [0, 0.05) is 0 Å². The number of nitrogens with one attached hydrogen (secondary N) is 1. The molecule has 2 heterocycles. The van der Waals surface area contributed by atoms with Gasteiger partial charge in [-0.3, -0.25) is 0 Å². The molecule has 0 unspecified atom stereocenters. The maximum absolute atomic E-state index is 5.59. The lowest BCUT2D eigenvalue weighted by molar-refractivity contribution is 0.214. The van der Waals surface area contributed by atoms with Crippen molar-refractivity contribution >= 4 is 24.0 Å². The first-order chi connectivity index (χ1) is 7.34. The zero-order valence-corrected chi connectivity index (χ0v) is 10.4. The van der Waals surface area contributed by atoms with Crippen molar-refractivity contribution in [1.29, 1.82) is 0 Å². The molecular weight excluding hydrogens is 249 g/mol. The summed E-state index contributed by atoms with van der Waals surface area (Å²) in [6, 6.07) is 0. The van der Waals surface area contributed by atoms with E-state index in [1.165, 1.54) is 12.8 Å². The van der Waals surface area contributed by atoms with Gasteiger partial charge in [0.15, 0.2) is 5.75 Å². The second kappa shape index (κ2) is 6.89. The summed E-state index contributed by atoms with van der Waals surface area (Å²) in [5.74, 6) is 1.33. The van der Waals surface area contributed by atoms with Gasteiger partial charge in [-0.15, -0.1) is 12.4 Å². The Hall–Kier alpha value is -0.580. The van der Waals surface area contributed by atoms with Crippen LogP contribution in [0, 0.1) is 5.92 Å². The largest absolute Gasteiger partial charge is 0.490 e. The fraction of sp³-hybridized carbons (Fsp3) is 0.600. The summed E-state index contributed by atoms with van der Waals surface area (Å²) in [7, 11) is 0. The van der Waals surface area contributed by atoms with E-state index in [-0.39, 0.29) is 17.7 Å². The number of ether oxygens (including phenoxy) is 1. The number of hydrogen-bond donors (Lipinski definition) is 1. The van der Waals surface area contributed by atoms with Gasteiger partial charge in [0.25, 0.3) is 0 Å². The lowest BCUT2D eigenvalue weighted by Gasteiger charge is -2.22. The van der Waals surface area contributed by atoms with Crippen LogP contribution in [0.25, 0.3) is 0 Å². The Morgan fingerprint density at radius 1 is 1.31 bits per heavy atom. The third-order valence-electron chi connectivity index (χ3n) is 2.54. The van der Waals surface area contributed by atoms with E-state index in [9.17, 15) is 0 Å². The number of rotatable bonds is 3. The molecule has 0 spiro atoms. The quantitative estimate of drug-likeness (QED) is 0.847. The molecule has 90 valence electrons. The zero-order chi connectivity index (χ0) is 10.5. The molecule has 1 fully saturated rings. The average Bonchev–Trinajstić information content (AvgIpc) is 2.30. The van der Waals surface area contributed by atoms with E-state index in [0.29, 0.717) is 11.7 Å². The normalized spacial score (nSPS) is 16.6. The van der Waals surface area contributed by atoms with Crippen molar-refractivity contribution in [3.8, 4) is 5.75 Å². The summed E-state index contributed by atoms with van der Waals surface area (Å²) in [6.45, 7) is 2.92. The van der Waals surface area contributed by atoms with Crippen molar-refractivity contribution < 1.29 is 4.74 Å². The van der Waals surface area contributed by atoms with E-state index in [4.69, 9.17) is 16.3 Å². The minimum atomic E-state index is 0. The molecule has 0 radical (unpaired) electrons. The van der Waals surface area contributed by atoms with Crippen molar-refractivity contribution in [2.45, 2.75) is 12.8 Å². The van der Waals surface area contributed by atoms with Crippen LogP contribution in [0.1, 0.15) is 12.8 Å². The second-order valence-electron chi connectivity index (χ2n) is 3.69. The fourth-order valence-corrected chi connectivity index (χ4v) is 1.74. The summed E-state index contributed by atoms with van der Waals surface area (Å²) in [6.07, 6.45) is 5.57. The summed E-state index contributed by atoms with van der Waals surface area (Å²) in [5.41, 5.74) is 0. The van der Waals surface area contributed by atoms with Crippen molar-refractivity contribution in [3.63, 3.8) is 0 Å². The first-order valence-electron chi connectivity index (χ1n) is 5.15. The second-order valence-corrected chi connectivity index (χ2v) is 4.03. The van der Waals surface area contributed by atoms with Crippen molar-refractivity contribution in [2.75, 3.05) is 19.7 Å². The molecule has 1 N–H and O–H groups in total. The van der Waals surface area contributed by atoms with E-state index in [0.717, 1.165) is 19.7 Å². The molecule has 1 saturated heterocycles. The topological polar surface area (TPSA) is 47.0 Å². The first-order valence-corrected chi connectivity index (χ1v) is 5.53. The van der Waals surface area contributed by atoms with Gasteiger partial charge in [-0.1, -0.05) is 0 Å². The predicted molar refractivity (Wildman–Crippen MR) is 65.4 cm³/mol. The molecule has 1 aromatic heterocycles. The molecule has 6 heteroatoms. The van der Waals surface area contributed by atoms with Gasteiger partial charge < -0.3 is 10.1 Å². The van der Waals surface area contributed by atoms with Crippen LogP contribution in [-0.2, 0) is 0 Å². The Morgan fingerprint density at radius 3 is 2.56 bits per heavy atom. The van der Waals surface area contributed by atoms with Crippen LogP contribution in [0.2, 0.25) is 5.28 Å². The minimum Gasteiger partial charge on any atom is -0.490 e. The Balaban J connectivity index is 0.00000128. The van der Waals surface area contributed by atoms with Gasteiger partial charge in [-0.05, 0) is 43.5 Å². The van der Waals surface area contributed by atoms with Gasteiger partial charge in [0.1, 0.15) is 0 Å². The third kappa shape index (κ3) is 4.12. The summed E-state index contributed by atoms with van der Waals surface area (Å²) < 4.78 is 5.59. The third-order valence-corrected chi connectivity index (χ3v) is 2.74. The van der Waals surface area contributed by atoms with E-state index in [1.807, 2.05) is 0 Å². The predicted octanol–water partition coefficient (Wildman–Crippen LogP) is 1.93. The zero-order valence-electron chi connectivity index (χ0n) is 8.86. The van der Waals surface area contributed by atoms with Crippen LogP contribution in [0.5, 0.6) is 5.75 Å². The standard InChI is InChI=1S/C10H14ClN3O.ClH/c11-10-13-5-9(6-14-10)15-7-8-1-3-12-4-2-8;/h5-6,8,12H,1-4,7H2;1H. The molecule has 0 aromatic carbocycles. The maximum Gasteiger partial charge on any atom is 0.222 e. The molecule has 2 rings (SSSR count). The Labute approximate surface area is 106 Å². The van der Waals surface area contributed by atoms with E-state index in [2.05, 4.69) is 15.3 Å². The Bertz CT molecular complexity index is 301. The SMILES string of the molecule is Cl.Clc1ncc(OCC2CCNCC2)cn1. The summed E-state index contributed by atoms with van der Waals surface area (Å²) >= 11 is 5.57. The number of piperidine rings is 1. The fourth-order valence-electron chi connectivity index (χ4n) is 1.64. The lowest BCUT2D eigenvalue weighted by atomic mass is 9.99. The summed E-state index contributed by atoms with van der Waals surface area (Å²) in [5, 5.41) is 3.58. The van der Waals surface area contributed by atoms with Crippen LogP contribution < -0.4 is 10.1 Å². The highest BCUT2D eigenvalue weighted by atomic mass is 35.5. The molecule has 0 amide bonds. The number of aromatic nitrogens is 2. The molecule has 1 aliphatic rings. The smallest absolute Gasteiger partial charge is 0.222 e. The summed E-state index contributed by atoms with van der Waals surface area (Å²) in [4.78, 5) is 7.72. The minimum absolute atomic E-state index is 0. The molecule has 0 saturated carbocycles. The van der Waals surface area contributed by atoms with Crippen LogP contribution in [0.3, 0.4) is 0 Å². The molecule has 16 heavy (non-hydrogen) atoms. The lowest BCUT2D eigenvalue weighted by Crippen LogP contribution is -2.30. The Kier molecular flexibility index (Phi) is 5.80. The number of hydrogen-bond acceptors (Lipinski definition) is 4. The Morgan fingerprint density at radius 2 is 1.94 bits per heavy atom.